The average molecular weight is 166 g/mol. The van der Waals surface area contributed by atoms with E-state index in [0.717, 1.165) is 12.2 Å². The molecule has 1 aliphatic carbocycles. The fraction of sp³-hybridized carbons (Fsp3) is 0.429. The van der Waals surface area contributed by atoms with Crippen molar-refractivity contribution in [2.75, 3.05) is 0 Å². The highest BCUT2D eigenvalue weighted by atomic mass is 19.4. The Morgan fingerprint density at radius 2 is 1.55 bits per heavy atom. The van der Waals surface area contributed by atoms with E-state index in [2.05, 4.69) is 0 Å². The Labute approximate surface area is 61.2 Å². The molecule has 62 valence electrons. The zero-order chi connectivity index (χ0) is 8.48. The van der Waals surface area contributed by atoms with Gasteiger partial charge in [-0.1, -0.05) is 18.2 Å². The number of hydrogen-bond acceptors (Lipinski definition) is 0. The molecule has 4 heteroatoms. The summed E-state index contributed by atoms with van der Waals surface area (Å²) >= 11 is 0. The standard InChI is InChI=1S/C7H6F4/c8-6-4-2-1-3-5(6)7(9,10)11/h1-6H. The molecule has 0 spiro atoms. The van der Waals surface area contributed by atoms with E-state index < -0.39 is 18.3 Å². The van der Waals surface area contributed by atoms with Gasteiger partial charge in [0.1, 0.15) is 12.1 Å². The van der Waals surface area contributed by atoms with Crippen molar-refractivity contribution in [3.63, 3.8) is 0 Å². The van der Waals surface area contributed by atoms with Gasteiger partial charge in [0, 0.05) is 0 Å². The molecule has 0 saturated carbocycles. The molecular formula is C7H6F4. The number of rotatable bonds is 0. The lowest BCUT2D eigenvalue weighted by atomic mass is 9.99. The summed E-state index contributed by atoms with van der Waals surface area (Å²) in [7, 11) is 0. The van der Waals surface area contributed by atoms with Crippen LogP contribution in [0.15, 0.2) is 24.3 Å². The molecule has 0 aromatic heterocycles. The van der Waals surface area contributed by atoms with E-state index in [1.807, 2.05) is 0 Å². The minimum absolute atomic E-state index is 0.824. The van der Waals surface area contributed by atoms with Gasteiger partial charge in [-0.05, 0) is 6.08 Å². The van der Waals surface area contributed by atoms with E-state index in [-0.39, 0.29) is 0 Å². The van der Waals surface area contributed by atoms with Gasteiger partial charge in [0.2, 0.25) is 0 Å². The molecule has 0 amide bonds. The van der Waals surface area contributed by atoms with Crippen molar-refractivity contribution in [2.24, 2.45) is 5.92 Å². The van der Waals surface area contributed by atoms with E-state index in [1.165, 1.54) is 12.2 Å². The Morgan fingerprint density at radius 3 is 1.91 bits per heavy atom. The van der Waals surface area contributed by atoms with Crippen molar-refractivity contribution >= 4 is 0 Å². The van der Waals surface area contributed by atoms with Gasteiger partial charge in [0.25, 0.3) is 0 Å². The molecule has 0 radical (unpaired) electrons. The summed E-state index contributed by atoms with van der Waals surface area (Å²) in [5.41, 5.74) is 0. The van der Waals surface area contributed by atoms with Crippen molar-refractivity contribution in [1.82, 2.24) is 0 Å². The molecule has 0 saturated heterocycles. The summed E-state index contributed by atoms with van der Waals surface area (Å²) in [5.74, 6) is -1.97. The molecule has 0 fully saturated rings. The maximum Gasteiger partial charge on any atom is 0.398 e. The van der Waals surface area contributed by atoms with Crippen molar-refractivity contribution in [3.05, 3.63) is 24.3 Å². The van der Waals surface area contributed by atoms with Crippen LogP contribution in [0.1, 0.15) is 0 Å². The quantitative estimate of drug-likeness (QED) is 0.485. The second-order valence-electron chi connectivity index (χ2n) is 2.28. The van der Waals surface area contributed by atoms with Crippen LogP contribution in [0.2, 0.25) is 0 Å². The van der Waals surface area contributed by atoms with Crippen molar-refractivity contribution in [3.8, 4) is 0 Å². The first-order chi connectivity index (χ1) is 5.02. The third-order valence-electron chi connectivity index (χ3n) is 1.45. The second-order valence-corrected chi connectivity index (χ2v) is 2.28. The van der Waals surface area contributed by atoms with Crippen LogP contribution in [0.4, 0.5) is 17.6 Å². The van der Waals surface area contributed by atoms with Crippen LogP contribution in [0.25, 0.3) is 0 Å². The molecule has 0 aliphatic heterocycles. The number of allylic oxidation sites excluding steroid dienone is 4. The Bertz CT molecular complexity index is 189. The Kier molecular flexibility index (Phi) is 2.02. The van der Waals surface area contributed by atoms with Crippen molar-refractivity contribution < 1.29 is 17.6 Å². The van der Waals surface area contributed by atoms with Crippen LogP contribution in [-0.4, -0.2) is 12.3 Å². The zero-order valence-electron chi connectivity index (χ0n) is 5.48. The van der Waals surface area contributed by atoms with Crippen LogP contribution in [0.5, 0.6) is 0 Å². The van der Waals surface area contributed by atoms with Crippen LogP contribution >= 0.6 is 0 Å². The third-order valence-corrected chi connectivity index (χ3v) is 1.45. The van der Waals surface area contributed by atoms with Crippen LogP contribution in [0, 0.1) is 5.92 Å². The van der Waals surface area contributed by atoms with Crippen LogP contribution in [-0.2, 0) is 0 Å². The van der Waals surface area contributed by atoms with Crippen LogP contribution < -0.4 is 0 Å². The highest BCUT2D eigenvalue weighted by Gasteiger charge is 2.43. The van der Waals surface area contributed by atoms with Gasteiger partial charge in [-0.2, -0.15) is 13.2 Å². The summed E-state index contributed by atoms with van der Waals surface area (Å²) < 4.78 is 48.1. The molecule has 0 N–H and O–H groups in total. The van der Waals surface area contributed by atoms with E-state index in [4.69, 9.17) is 0 Å². The highest BCUT2D eigenvalue weighted by Crippen LogP contribution is 2.33. The van der Waals surface area contributed by atoms with Gasteiger partial charge < -0.3 is 0 Å². The first kappa shape index (κ1) is 8.30. The maximum absolute atomic E-state index is 12.5. The summed E-state index contributed by atoms with van der Waals surface area (Å²) in [6.45, 7) is 0. The predicted octanol–water partition coefficient (Wildman–Crippen LogP) is 2.63. The lowest BCUT2D eigenvalue weighted by Gasteiger charge is -2.19. The number of hydrogen-bond donors (Lipinski definition) is 0. The number of halogens is 4. The first-order valence-electron chi connectivity index (χ1n) is 3.07. The normalized spacial score (nSPS) is 30.9. The van der Waals surface area contributed by atoms with E-state index in [1.54, 1.807) is 0 Å². The number of alkyl halides is 4. The fourth-order valence-corrected chi connectivity index (χ4v) is 0.870. The Balaban J connectivity index is 2.74. The van der Waals surface area contributed by atoms with Gasteiger partial charge in [0.15, 0.2) is 0 Å². The zero-order valence-corrected chi connectivity index (χ0v) is 5.48. The summed E-state index contributed by atoms with van der Waals surface area (Å²) in [4.78, 5) is 0. The minimum atomic E-state index is -4.47. The molecule has 2 atom stereocenters. The van der Waals surface area contributed by atoms with E-state index in [9.17, 15) is 17.6 Å². The predicted molar refractivity (Wildman–Crippen MR) is 32.7 cm³/mol. The summed E-state index contributed by atoms with van der Waals surface area (Å²) in [6.07, 6.45) is -2.20. The van der Waals surface area contributed by atoms with Gasteiger partial charge in [0.05, 0.1) is 0 Å². The molecule has 1 aliphatic rings. The highest BCUT2D eigenvalue weighted by molar-refractivity contribution is 5.16. The fourth-order valence-electron chi connectivity index (χ4n) is 0.870. The lowest BCUT2D eigenvalue weighted by molar-refractivity contribution is -0.171. The smallest absolute Gasteiger partial charge is 0.242 e. The first-order valence-corrected chi connectivity index (χ1v) is 3.07. The van der Waals surface area contributed by atoms with Gasteiger partial charge in [-0.3, -0.25) is 0 Å². The monoisotopic (exact) mass is 166 g/mol. The minimum Gasteiger partial charge on any atom is -0.242 e. The largest absolute Gasteiger partial charge is 0.398 e. The molecule has 1 rings (SSSR count). The Morgan fingerprint density at radius 1 is 1.00 bits per heavy atom. The topological polar surface area (TPSA) is 0 Å². The summed E-state index contributed by atoms with van der Waals surface area (Å²) in [6, 6.07) is 0. The molecule has 2 unspecified atom stereocenters. The van der Waals surface area contributed by atoms with Crippen molar-refractivity contribution in [2.45, 2.75) is 12.3 Å². The van der Waals surface area contributed by atoms with Gasteiger partial charge in [-0.25, -0.2) is 4.39 Å². The van der Waals surface area contributed by atoms with Crippen molar-refractivity contribution in [1.29, 1.82) is 0 Å². The molecule has 0 aromatic rings. The second kappa shape index (κ2) is 2.68. The molecule has 11 heavy (non-hydrogen) atoms. The van der Waals surface area contributed by atoms with Crippen LogP contribution in [0.3, 0.4) is 0 Å². The average Bonchev–Trinajstić information content (AvgIpc) is 1.86. The maximum atomic E-state index is 12.5. The van der Waals surface area contributed by atoms with E-state index in [0.29, 0.717) is 0 Å². The molecule has 0 nitrogen and oxygen atoms in total. The third kappa shape index (κ3) is 1.82. The van der Waals surface area contributed by atoms with Gasteiger partial charge in [-0.15, -0.1) is 0 Å². The molecule has 0 aromatic carbocycles. The Hall–Kier alpha value is -0.800. The molecular weight excluding hydrogens is 160 g/mol. The summed E-state index contributed by atoms with van der Waals surface area (Å²) in [5, 5.41) is 0. The van der Waals surface area contributed by atoms with E-state index >= 15 is 0 Å². The molecule has 0 heterocycles. The molecule has 0 bridgehead atoms. The SMILES string of the molecule is FC1C=CC=CC1C(F)(F)F. The lowest BCUT2D eigenvalue weighted by Crippen LogP contribution is -2.29. The van der Waals surface area contributed by atoms with Gasteiger partial charge >= 0.3 is 6.18 Å².